The molecular weight excluding hydrogens is 240 g/mol. The molecule has 1 atom stereocenters. The monoisotopic (exact) mass is 264 g/mol. The predicted molar refractivity (Wildman–Crippen MR) is 77.7 cm³/mol. The van der Waals surface area contributed by atoms with Gasteiger partial charge < -0.3 is 15.4 Å². The molecule has 1 fully saturated rings. The van der Waals surface area contributed by atoms with Gasteiger partial charge >= 0.3 is 0 Å². The fourth-order valence-corrected chi connectivity index (χ4v) is 1.94. The summed E-state index contributed by atoms with van der Waals surface area (Å²) in [5.41, 5.74) is 0. The van der Waals surface area contributed by atoms with Crippen LogP contribution < -0.4 is 10.6 Å². The first-order valence-corrected chi connectivity index (χ1v) is 7.21. The number of hydrogen-bond acceptors (Lipinski definition) is 5. The molecule has 106 valence electrons. The van der Waals surface area contributed by atoms with E-state index in [2.05, 4.69) is 34.4 Å². The van der Waals surface area contributed by atoms with Crippen LogP contribution in [0.1, 0.15) is 45.4 Å². The molecule has 0 bridgehead atoms. The molecule has 1 unspecified atom stereocenters. The van der Waals surface area contributed by atoms with Crippen molar-refractivity contribution in [3.05, 3.63) is 11.9 Å². The van der Waals surface area contributed by atoms with E-state index in [1.54, 1.807) is 0 Å². The predicted octanol–water partition coefficient (Wildman–Crippen LogP) is 2.62. The van der Waals surface area contributed by atoms with Crippen LogP contribution in [0.3, 0.4) is 0 Å². The van der Waals surface area contributed by atoms with Crippen LogP contribution in [0, 0.1) is 0 Å². The summed E-state index contributed by atoms with van der Waals surface area (Å²) in [4.78, 5) is 9.15. The van der Waals surface area contributed by atoms with Gasteiger partial charge in [-0.05, 0) is 33.6 Å². The molecule has 5 heteroatoms. The van der Waals surface area contributed by atoms with Crippen LogP contribution in [-0.2, 0) is 4.74 Å². The molecule has 1 aromatic heterocycles. The first kappa shape index (κ1) is 14.1. The summed E-state index contributed by atoms with van der Waals surface area (Å²) in [6, 6.07) is 1.97. The van der Waals surface area contributed by atoms with Gasteiger partial charge in [0.05, 0.1) is 6.10 Å². The topological polar surface area (TPSA) is 59.1 Å². The zero-order valence-electron chi connectivity index (χ0n) is 12.1. The summed E-state index contributed by atoms with van der Waals surface area (Å²) in [6.45, 7) is 8.52. The van der Waals surface area contributed by atoms with Gasteiger partial charge in [0.25, 0.3) is 0 Å². The second kappa shape index (κ2) is 6.70. The molecule has 1 heterocycles. The van der Waals surface area contributed by atoms with Crippen molar-refractivity contribution >= 4 is 11.6 Å². The van der Waals surface area contributed by atoms with E-state index in [1.165, 1.54) is 12.8 Å². The Hall–Kier alpha value is -1.36. The van der Waals surface area contributed by atoms with Crippen LogP contribution in [0.15, 0.2) is 6.07 Å². The average Bonchev–Trinajstić information content (AvgIpc) is 3.21. The van der Waals surface area contributed by atoms with Gasteiger partial charge in [0.1, 0.15) is 17.5 Å². The molecule has 1 aliphatic rings. The van der Waals surface area contributed by atoms with Gasteiger partial charge in [0, 0.05) is 31.7 Å². The van der Waals surface area contributed by atoms with Crippen LogP contribution in [0.25, 0.3) is 0 Å². The summed E-state index contributed by atoms with van der Waals surface area (Å²) < 4.78 is 5.51. The first-order chi connectivity index (χ1) is 9.22. The Bertz CT molecular complexity index is 406. The zero-order valence-corrected chi connectivity index (χ0v) is 12.1. The summed E-state index contributed by atoms with van der Waals surface area (Å²) in [5, 5.41) is 6.60. The minimum Gasteiger partial charge on any atom is -0.377 e. The van der Waals surface area contributed by atoms with Crippen LogP contribution >= 0.6 is 0 Å². The molecule has 0 radical (unpaired) electrons. The fraction of sp³-hybridized carbons (Fsp3) is 0.714. The number of hydrogen-bond donors (Lipinski definition) is 2. The third-order valence-electron chi connectivity index (χ3n) is 3.07. The van der Waals surface area contributed by atoms with E-state index in [9.17, 15) is 0 Å². The molecular formula is C14H24N4O. The van der Waals surface area contributed by atoms with Gasteiger partial charge in [-0.15, -0.1) is 0 Å². The lowest BCUT2D eigenvalue weighted by atomic mass is 10.3. The molecule has 2 N–H and O–H groups in total. The average molecular weight is 264 g/mol. The highest BCUT2D eigenvalue weighted by atomic mass is 16.5. The Labute approximate surface area is 115 Å². The third-order valence-corrected chi connectivity index (χ3v) is 3.07. The molecule has 0 aliphatic heterocycles. The van der Waals surface area contributed by atoms with E-state index in [0.29, 0.717) is 5.92 Å². The minimum atomic E-state index is 0.187. The number of ether oxygens (including phenoxy) is 1. The van der Waals surface area contributed by atoms with Crippen LogP contribution in [0.4, 0.5) is 11.6 Å². The van der Waals surface area contributed by atoms with E-state index in [-0.39, 0.29) is 6.10 Å². The van der Waals surface area contributed by atoms with Crippen molar-refractivity contribution in [3.63, 3.8) is 0 Å². The van der Waals surface area contributed by atoms with Crippen molar-refractivity contribution in [3.8, 4) is 0 Å². The Balaban J connectivity index is 2.01. The molecule has 5 nitrogen and oxygen atoms in total. The molecule has 1 aromatic rings. The van der Waals surface area contributed by atoms with Gasteiger partial charge in [-0.1, -0.05) is 0 Å². The Morgan fingerprint density at radius 3 is 2.53 bits per heavy atom. The second-order valence-corrected chi connectivity index (χ2v) is 4.95. The standard InChI is InChI=1S/C14H24N4O/c1-4-15-12-8-13(16-9-10(3)19-5-2)18-14(17-12)11-6-7-11/h8,10-11H,4-7,9H2,1-3H3,(H2,15,16,17,18). The van der Waals surface area contributed by atoms with Gasteiger partial charge in [-0.2, -0.15) is 0 Å². The highest BCUT2D eigenvalue weighted by Crippen LogP contribution is 2.38. The van der Waals surface area contributed by atoms with Crippen molar-refractivity contribution < 1.29 is 4.74 Å². The van der Waals surface area contributed by atoms with Gasteiger partial charge in [0.2, 0.25) is 0 Å². The quantitative estimate of drug-likeness (QED) is 0.756. The molecule has 0 spiro atoms. The summed E-state index contributed by atoms with van der Waals surface area (Å²) in [6.07, 6.45) is 2.61. The highest BCUT2D eigenvalue weighted by Gasteiger charge is 2.27. The number of anilines is 2. The summed E-state index contributed by atoms with van der Waals surface area (Å²) >= 11 is 0. The van der Waals surface area contributed by atoms with Crippen LogP contribution in [0.2, 0.25) is 0 Å². The Kier molecular flexibility index (Phi) is 4.96. The maximum Gasteiger partial charge on any atom is 0.136 e. The molecule has 19 heavy (non-hydrogen) atoms. The first-order valence-electron chi connectivity index (χ1n) is 7.21. The van der Waals surface area contributed by atoms with Crippen molar-refractivity contribution in [2.24, 2.45) is 0 Å². The number of aromatic nitrogens is 2. The Morgan fingerprint density at radius 2 is 1.95 bits per heavy atom. The fourth-order valence-electron chi connectivity index (χ4n) is 1.94. The summed E-state index contributed by atoms with van der Waals surface area (Å²) in [7, 11) is 0. The molecule has 0 saturated heterocycles. The molecule has 2 rings (SSSR count). The van der Waals surface area contributed by atoms with Crippen molar-refractivity contribution in [2.45, 2.75) is 45.6 Å². The lowest BCUT2D eigenvalue weighted by Crippen LogP contribution is -2.20. The molecule has 0 aromatic carbocycles. The largest absolute Gasteiger partial charge is 0.377 e. The van der Waals surface area contributed by atoms with E-state index < -0.39 is 0 Å². The second-order valence-electron chi connectivity index (χ2n) is 4.95. The van der Waals surface area contributed by atoms with Crippen molar-refractivity contribution in [1.29, 1.82) is 0 Å². The molecule has 1 aliphatic carbocycles. The van der Waals surface area contributed by atoms with E-state index >= 15 is 0 Å². The number of nitrogens with one attached hydrogen (secondary N) is 2. The van der Waals surface area contributed by atoms with Gasteiger partial charge in [-0.25, -0.2) is 9.97 Å². The lowest BCUT2D eigenvalue weighted by Gasteiger charge is -2.14. The van der Waals surface area contributed by atoms with E-state index in [0.717, 1.165) is 37.2 Å². The normalized spacial score (nSPS) is 16.2. The number of rotatable bonds is 8. The van der Waals surface area contributed by atoms with Crippen LogP contribution in [-0.4, -0.2) is 35.8 Å². The van der Waals surface area contributed by atoms with E-state index in [1.807, 2.05) is 13.0 Å². The SMILES string of the molecule is CCNc1cc(NCC(C)OCC)nc(C2CC2)n1. The van der Waals surface area contributed by atoms with E-state index in [4.69, 9.17) is 4.74 Å². The molecule has 1 saturated carbocycles. The van der Waals surface area contributed by atoms with Crippen molar-refractivity contribution in [2.75, 3.05) is 30.3 Å². The van der Waals surface area contributed by atoms with Crippen molar-refractivity contribution in [1.82, 2.24) is 9.97 Å². The highest BCUT2D eigenvalue weighted by molar-refractivity contribution is 5.48. The summed E-state index contributed by atoms with van der Waals surface area (Å²) in [5.74, 6) is 3.32. The van der Waals surface area contributed by atoms with Gasteiger partial charge in [0.15, 0.2) is 0 Å². The Morgan fingerprint density at radius 1 is 1.26 bits per heavy atom. The van der Waals surface area contributed by atoms with Crippen LogP contribution in [0.5, 0.6) is 0 Å². The maximum atomic E-state index is 5.51. The number of nitrogens with zero attached hydrogens (tertiary/aromatic N) is 2. The molecule has 0 amide bonds. The van der Waals surface area contributed by atoms with Gasteiger partial charge in [-0.3, -0.25) is 0 Å². The smallest absolute Gasteiger partial charge is 0.136 e. The maximum absolute atomic E-state index is 5.51. The minimum absolute atomic E-state index is 0.187. The third kappa shape index (κ3) is 4.35. The lowest BCUT2D eigenvalue weighted by molar-refractivity contribution is 0.0855. The zero-order chi connectivity index (χ0) is 13.7.